The van der Waals surface area contributed by atoms with E-state index in [0.29, 0.717) is 24.0 Å². The SMILES string of the molecule is CCNC(=NCC(=O)N1CCCC1)NCC(c1ccc(OC)c(OC)c1)N(C)C.I. The number of halogens is 1. The van der Waals surface area contributed by atoms with Crippen LogP contribution in [0.2, 0.25) is 0 Å². The third-order valence-electron chi connectivity index (χ3n) is 5.05. The predicted molar refractivity (Wildman–Crippen MR) is 131 cm³/mol. The second-order valence-electron chi connectivity index (χ2n) is 7.26. The number of benzene rings is 1. The average Bonchev–Trinajstić information content (AvgIpc) is 3.26. The first-order valence-electron chi connectivity index (χ1n) is 10.2. The fourth-order valence-corrected chi connectivity index (χ4v) is 3.41. The van der Waals surface area contributed by atoms with Gasteiger partial charge in [0.15, 0.2) is 17.5 Å². The molecule has 9 heteroatoms. The molecule has 0 saturated carbocycles. The Kier molecular flexibility index (Phi) is 11.9. The quantitative estimate of drug-likeness (QED) is 0.288. The summed E-state index contributed by atoms with van der Waals surface area (Å²) in [6, 6.07) is 6.03. The smallest absolute Gasteiger partial charge is 0.244 e. The third-order valence-corrected chi connectivity index (χ3v) is 5.05. The van der Waals surface area contributed by atoms with Gasteiger partial charge in [-0.05, 0) is 51.6 Å². The molecule has 2 N–H and O–H groups in total. The van der Waals surface area contributed by atoms with Gasteiger partial charge in [-0.1, -0.05) is 6.07 Å². The van der Waals surface area contributed by atoms with Crippen molar-refractivity contribution < 1.29 is 14.3 Å². The summed E-state index contributed by atoms with van der Waals surface area (Å²) in [5, 5.41) is 6.59. The van der Waals surface area contributed by atoms with Crippen LogP contribution < -0.4 is 20.1 Å². The molecule has 1 aromatic rings. The standard InChI is InChI=1S/C21H35N5O3.HI/c1-6-22-21(24-15-20(27)26-11-7-8-12-26)23-14-17(25(2)3)16-9-10-18(28-4)19(13-16)29-5;/h9-10,13,17H,6-8,11-12,14-15H2,1-5H3,(H2,22,23,24);1H. The van der Waals surface area contributed by atoms with Gasteiger partial charge in [0.2, 0.25) is 5.91 Å². The van der Waals surface area contributed by atoms with Crippen LogP contribution in [0.25, 0.3) is 0 Å². The molecule has 0 bridgehead atoms. The summed E-state index contributed by atoms with van der Waals surface area (Å²) in [7, 11) is 7.33. The molecular formula is C21H36IN5O3. The number of amides is 1. The molecule has 1 heterocycles. The lowest BCUT2D eigenvalue weighted by atomic mass is 10.1. The molecule has 1 aliphatic rings. The maximum atomic E-state index is 12.3. The molecule has 30 heavy (non-hydrogen) atoms. The number of guanidine groups is 1. The predicted octanol–water partition coefficient (Wildman–Crippen LogP) is 2.10. The Morgan fingerprint density at radius 1 is 1.17 bits per heavy atom. The molecule has 170 valence electrons. The maximum absolute atomic E-state index is 12.3. The van der Waals surface area contributed by atoms with Gasteiger partial charge in [0.05, 0.1) is 20.3 Å². The van der Waals surface area contributed by atoms with Crippen LogP contribution >= 0.6 is 24.0 Å². The number of hydrogen-bond acceptors (Lipinski definition) is 5. The highest BCUT2D eigenvalue weighted by atomic mass is 127. The minimum atomic E-state index is 0. The van der Waals surface area contributed by atoms with Crippen molar-refractivity contribution in [3.05, 3.63) is 23.8 Å². The topological polar surface area (TPSA) is 78.4 Å². The monoisotopic (exact) mass is 533 g/mol. The fourth-order valence-electron chi connectivity index (χ4n) is 3.41. The Bertz CT molecular complexity index is 693. The van der Waals surface area contributed by atoms with Gasteiger partial charge in [-0.3, -0.25) is 4.79 Å². The second-order valence-corrected chi connectivity index (χ2v) is 7.26. The molecule has 1 aliphatic heterocycles. The molecule has 1 aromatic carbocycles. The van der Waals surface area contributed by atoms with Crippen molar-refractivity contribution in [1.29, 1.82) is 0 Å². The Morgan fingerprint density at radius 3 is 2.40 bits per heavy atom. The van der Waals surface area contributed by atoms with Crippen LogP contribution in [-0.4, -0.2) is 82.7 Å². The van der Waals surface area contributed by atoms with E-state index in [4.69, 9.17) is 9.47 Å². The number of aliphatic imine (C=N–C) groups is 1. The molecule has 1 unspecified atom stereocenters. The maximum Gasteiger partial charge on any atom is 0.244 e. The number of nitrogens with one attached hydrogen (secondary N) is 2. The summed E-state index contributed by atoms with van der Waals surface area (Å²) in [5.41, 5.74) is 1.10. The molecule has 1 fully saturated rings. The minimum Gasteiger partial charge on any atom is -0.493 e. The molecule has 1 saturated heterocycles. The number of nitrogens with zero attached hydrogens (tertiary/aromatic N) is 3. The zero-order valence-corrected chi connectivity index (χ0v) is 21.1. The van der Waals surface area contributed by atoms with E-state index in [0.717, 1.165) is 38.0 Å². The first-order valence-corrected chi connectivity index (χ1v) is 10.2. The van der Waals surface area contributed by atoms with Gasteiger partial charge in [-0.2, -0.15) is 0 Å². The fraction of sp³-hybridized carbons (Fsp3) is 0.619. The van der Waals surface area contributed by atoms with E-state index in [2.05, 4.69) is 20.5 Å². The van der Waals surface area contributed by atoms with Gasteiger partial charge < -0.3 is 29.9 Å². The van der Waals surface area contributed by atoms with Crippen molar-refractivity contribution in [3.8, 4) is 11.5 Å². The van der Waals surface area contributed by atoms with Crippen LogP contribution in [0.4, 0.5) is 0 Å². The van der Waals surface area contributed by atoms with E-state index in [9.17, 15) is 4.79 Å². The summed E-state index contributed by atoms with van der Waals surface area (Å²) < 4.78 is 10.8. The van der Waals surface area contributed by atoms with Crippen molar-refractivity contribution in [2.45, 2.75) is 25.8 Å². The molecule has 0 radical (unpaired) electrons. The molecular weight excluding hydrogens is 497 g/mol. The first kappa shape index (κ1) is 26.3. The van der Waals surface area contributed by atoms with E-state index in [1.54, 1.807) is 14.2 Å². The van der Waals surface area contributed by atoms with Crippen LogP contribution in [0.5, 0.6) is 11.5 Å². The molecule has 2 rings (SSSR count). The van der Waals surface area contributed by atoms with E-state index in [1.165, 1.54) is 0 Å². The van der Waals surface area contributed by atoms with Gasteiger partial charge >= 0.3 is 0 Å². The zero-order chi connectivity index (χ0) is 21.2. The normalized spacial score (nSPS) is 14.9. The van der Waals surface area contributed by atoms with Gasteiger partial charge in [-0.25, -0.2) is 4.99 Å². The lowest BCUT2D eigenvalue weighted by molar-refractivity contribution is -0.128. The van der Waals surface area contributed by atoms with Crippen molar-refractivity contribution in [3.63, 3.8) is 0 Å². The van der Waals surface area contributed by atoms with E-state index < -0.39 is 0 Å². The van der Waals surface area contributed by atoms with Crippen molar-refractivity contribution >= 4 is 35.8 Å². The van der Waals surface area contributed by atoms with Crippen LogP contribution in [0.15, 0.2) is 23.2 Å². The lowest BCUT2D eigenvalue weighted by Crippen LogP contribution is -2.42. The number of carbonyl (C=O) groups excluding carboxylic acids is 1. The van der Waals surface area contributed by atoms with Crippen molar-refractivity contribution in [2.75, 3.05) is 61.0 Å². The number of ether oxygens (including phenoxy) is 2. The molecule has 0 aromatic heterocycles. The van der Waals surface area contributed by atoms with Gasteiger partial charge in [0.25, 0.3) is 0 Å². The van der Waals surface area contributed by atoms with Crippen LogP contribution in [-0.2, 0) is 4.79 Å². The molecule has 0 aliphatic carbocycles. The Morgan fingerprint density at radius 2 is 1.83 bits per heavy atom. The number of rotatable bonds is 9. The highest BCUT2D eigenvalue weighted by Gasteiger charge is 2.19. The second kappa shape index (κ2) is 13.5. The lowest BCUT2D eigenvalue weighted by Gasteiger charge is -2.26. The summed E-state index contributed by atoms with van der Waals surface area (Å²) in [6.45, 7) is 5.23. The molecule has 8 nitrogen and oxygen atoms in total. The number of likely N-dealkylation sites (tertiary alicyclic amines) is 1. The average molecular weight is 533 g/mol. The highest BCUT2D eigenvalue weighted by Crippen LogP contribution is 2.31. The summed E-state index contributed by atoms with van der Waals surface area (Å²) in [4.78, 5) is 20.8. The Balaban J connectivity index is 0.00000450. The molecule has 1 atom stereocenters. The van der Waals surface area contributed by atoms with E-state index in [-0.39, 0.29) is 42.5 Å². The summed E-state index contributed by atoms with van der Waals surface area (Å²) in [5.74, 6) is 2.14. The first-order chi connectivity index (χ1) is 14.0. The van der Waals surface area contributed by atoms with Gasteiger partial charge in [0, 0.05) is 26.2 Å². The minimum absolute atomic E-state index is 0. The Hall–Kier alpha value is -1.75. The van der Waals surface area contributed by atoms with Crippen LogP contribution in [0.3, 0.4) is 0 Å². The Labute approximate surface area is 197 Å². The molecule has 0 spiro atoms. The third kappa shape index (κ3) is 7.50. The highest BCUT2D eigenvalue weighted by molar-refractivity contribution is 14.0. The van der Waals surface area contributed by atoms with Gasteiger partial charge in [0.1, 0.15) is 6.54 Å². The van der Waals surface area contributed by atoms with E-state index >= 15 is 0 Å². The van der Waals surface area contributed by atoms with Gasteiger partial charge in [-0.15, -0.1) is 24.0 Å². The zero-order valence-electron chi connectivity index (χ0n) is 18.7. The number of hydrogen-bond donors (Lipinski definition) is 2. The van der Waals surface area contributed by atoms with Crippen LogP contribution in [0.1, 0.15) is 31.4 Å². The number of carbonyl (C=O) groups is 1. The number of likely N-dealkylation sites (N-methyl/N-ethyl adjacent to an activating group) is 1. The summed E-state index contributed by atoms with van der Waals surface area (Å²) in [6.07, 6.45) is 2.17. The van der Waals surface area contributed by atoms with Crippen molar-refractivity contribution in [2.24, 2.45) is 4.99 Å². The number of methoxy groups -OCH3 is 2. The van der Waals surface area contributed by atoms with Crippen LogP contribution in [0, 0.1) is 0 Å². The van der Waals surface area contributed by atoms with E-state index in [1.807, 2.05) is 44.1 Å². The largest absolute Gasteiger partial charge is 0.493 e. The van der Waals surface area contributed by atoms with Crippen molar-refractivity contribution in [1.82, 2.24) is 20.4 Å². The summed E-state index contributed by atoms with van der Waals surface area (Å²) >= 11 is 0. The molecule has 1 amide bonds.